The fraction of sp³-hybridized carbons (Fsp3) is 0.462. The Morgan fingerprint density at radius 1 is 1.39 bits per heavy atom. The van der Waals surface area contributed by atoms with Crippen LogP contribution in [0.5, 0.6) is 11.5 Å². The number of benzene rings is 1. The Morgan fingerprint density at radius 2 is 2.22 bits per heavy atom. The number of carbonyl (C=O) groups is 1. The minimum Gasteiger partial charge on any atom is -0.497 e. The van der Waals surface area contributed by atoms with Gasteiger partial charge in [-0.25, -0.2) is 0 Å². The van der Waals surface area contributed by atoms with Crippen LogP contribution in [0, 0.1) is 0 Å². The molecule has 2 rings (SSSR count). The number of ether oxygens (including phenoxy) is 3. The molecule has 1 aliphatic heterocycles. The van der Waals surface area contributed by atoms with Crippen LogP contribution in [0.25, 0.3) is 0 Å². The van der Waals surface area contributed by atoms with Crippen molar-refractivity contribution >= 4 is 5.97 Å². The first kappa shape index (κ1) is 12.7. The van der Waals surface area contributed by atoms with Gasteiger partial charge in [-0.1, -0.05) is 6.07 Å². The van der Waals surface area contributed by atoms with Crippen LogP contribution in [0.4, 0.5) is 0 Å². The number of hydrogen-bond donors (Lipinski definition) is 1. The topological polar surface area (TPSA) is 56.8 Å². The highest BCUT2D eigenvalue weighted by Gasteiger charge is 2.25. The number of carbonyl (C=O) groups excluding carboxylic acids is 1. The molecule has 5 heteroatoms. The van der Waals surface area contributed by atoms with Gasteiger partial charge in [0.2, 0.25) is 0 Å². The van der Waals surface area contributed by atoms with Crippen molar-refractivity contribution in [3.63, 3.8) is 0 Å². The van der Waals surface area contributed by atoms with Crippen molar-refractivity contribution in [3.05, 3.63) is 23.8 Å². The molecule has 0 saturated carbocycles. The maximum Gasteiger partial charge on any atom is 0.323 e. The summed E-state index contributed by atoms with van der Waals surface area (Å²) in [6.07, 6.45) is 0.720. The SMILES string of the molecule is COc1ccc(CNC2CCOC2=O)c(OC)c1. The van der Waals surface area contributed by atoms with Gasteiger partial charge in [-0.05, 0) is 6.07 Å². The summed E-state index contributed by atoms with van der Waals surface area (Å²) in [5.41, 5.74) is 0.984. The lowest BCUT2D eigenvalue weighted by Gasteiger charge is -2.13. The number of cyclic esters (lactones) is 1. The van der Waals surface area contributed by atoms with Crippen LogP contribution in [-0.4, -0.2) is 32.8 Å². The molecule has 1 saturated heterocycles. The first-order valence-corrected chi connectivity index (χ1v) is 5.85. The second kappa shape index (κ2) is 5.73. The number of nitrogens with one attached hydrogen (secondary N) is 1. The Balaban J connectivity index is 2.02. The molecular formula is C13H17NO4. The minimum absolute atomic E-state index is 0.178. The van der Waals surface area contributed by atoms with E-state index in [9.17, 15) is 4.79 Å². The van der Waals surface area contributed by atoms with E-state index in [1.165, 1.54) is 0 Å². The zero-order chi connectivity index (χ0) is 13.0. The van der Waals surface area contributed by atoms with Crippen LogP contribution in [-0.2, 0) is 16.1 Å². The summed E-state index contributed by atoms with van der Waals surface area (Å²) < 4.78 is 15.3. The molecule has 1 aliphatic rings. The molecule has 1 N–H and O–H groups in total. The molecule has 98 valence electrons. The molecule has 0 spiro atoms. The lowest BCUT2D eigenvalue weighted by molar-refractivity contribution is -0.139. The maximum atomic E-state index is 11.3. The lowest BCUT2D eigenvalue weighted by atomic mass is 10.1. The average Bonchev–Trinajstić information content (AvgIpc) is 2.81. The van der Waals surface area contributed by atoms with Gasteiger partial charge in [-0.3, -0.25) is 4.79 Å². The highest BCUT2D eigenvalue weighted by Crippen LogP contribution is 2.24. The molecule has 1 aromatic carbocycles. The molecule has 0 bridgehead atoms. The van der Waals surface area contributed by atoms with Crippen molar-refractivity contribution in [2.75, 3.05) is 20.8 Å². The summed E-state index contributed by atoms with van der Waals surface area (Å²) in [5.74, 6) is 1.31. The summed E-state index contributed by atoms with van der Waals surface area (Å²) in [7, 11) is 3.23. The zero-order valence-corrected chi connectivity index (χ0v) is 10.6. The summed E-state index contributed by atoms with van der Waals surface area (Å²) in [4.78, 5) is 11.3. The van der Waals surface area contributed by atoms with Crippen LogP contribution in [0.3, 0.4) is 0 Å². The van der Waals surface area contributed by atoms with Crippen LogP contribution < -0.4 is 14.8 Å². The highest BCUT2D eigenvalue weighted by atomic mass is 16.5. The Morgan fingerprint density at radius 3 is 2.83 bits per heavy atom. The van der Waals surface area contributed by atoms with Crippen molar-refractivity contribution in [1.82, 2.24) is 5.32 Å². The third kappa shape index (κ3) is 2.73. The zero-order valence-electron chi connectivity index (χ0n) is 10.6. The van der Waals surface area contributed by atoms with Crippen molar-refractivity contribution in [1.29, 1.82) is 0 Å². The Kier molecular flexibility index (Phi) is 4.04. The molecule has 1 heterocycles. The highest BCUT2D eigenvalue weighted by molar-refractivity contribution is 5.77. The number of rotatable bonds is 5. The predicted molar refractivity (Wildman–Crippen MR) is 65.7 cm³/mol. The van der Waals surface area contributed by atoms with Gasteiger partial charge in [0.15, 0.2) is 0 Å². The van der Waals surface area contributed by atoms with Gasteiger partial charge in [-0.15, -0.1) is 0 Å². The predicted octanol–water partition coefficient (Wildman–Crippen LogP) is 1.11. The van der Waals surface area contributed by atoms with E-state index in [0.717, 1.165) is 23.5 Å². The van der Waals surface area contributed by atoms with Crippen molar-refractivity contribution in [2.45, 2.75) is 19.0 Å². The quantitative estimate of drug-likeness (QED) is 0.794. The van der Waals surface area contributed by atoms with Gasteiger partial charge in [0, 0.05) is 24.6 Å². The first-order valence-electron chi connectivity index (χ1n) is 5.85. The molecule has 1 atom stereocenters. The van der Waals surface area contributed by atoms with E-state index in [4.69, 9.17) is 14.2 Å². The lowest BCUT2D eigenvalue weighted by Crippen LogP contribution is -2.32. The molecule has 18 heavy (non-hydrogen) atoms. The molecule has 0 amide bonds. The summed E-state index contributed by atoms with van der Waals surface area (Å²) in [6.45, 7) is 1.06. The van der Waals surface area contributed by atoms with Gasteiger partial charge < -0.3 is 19.5 Å². The average molecular weight is 251 g/mol. The largest absolute Gasteiger partial charge is 0.497 e. The molecule has 1 fully saturated rings. The second-order valence-corrected chi connectivity index (χ2v) is 4.07. The summed E-state index contributed by atoms with van der Waals surface area (Å²) >= 11 is 0. The molecular weight excluding hydrogens is 234 g/mol. The van der Waals surface area contributed by atoms with E-state index in [2.05, 4.69) is 5.32 Å². The van der Waals surface area contributed by atoms with E-state index in [-0.39, 0.29) is 12.0 Å². The number of esters is 1. The van der Waals surface area contributed by atoms with Crippen LogP contribution in [0.1, 0.15) is 12.0 Å². The van der Waals surface area contributed by atoms with Gasteiger partial charge >= 0.3 is 5.97 Å². The van der Waals surface area contributed by atoms with E-state index in [0.29, 0.717) is 13.2 Å². The molecule has 0 radical (unpaired) electrons. The van der Waals surface area contributed by atoms with E-state index in [1.807, 2.05) is 18.2 Å². The van der Waals surface area contributed by atoms with E-state index >= 15 is 0 Å². The van der Waals surface area contributed by atoms with Crippen LogP contribution >= 0.6 is 0 Å². The normalized spacial score (nSPS) is 18.6. The first-order chi connectivity index (χ1) is 8.74. The molecule has 0 aliphatic carbocycles. The van der Waals surface area contributed by atoms with Gasteiger partial charge in [0.1, 0.15) is 17.5 Å². The van der Waals surface area contributed by atoms with Crippen molar-refractivity contribution in [3.8, 4) is 11.5 Å². The second-order valence-electron chi connectivity index (χ2n) is 4.07. The Labute approximate surface area is 106 Å². The van der Waals surface area contributed by atoms with Crippen molar-refractivity contribution < 1.29 is 19.0 Å². The summed E-state index contributed by atoms with van der Waals surface area (Å²) in [6, 6.07) is 5.40. The molecule has 5 nitrogen and oxygen atoms in total. The van der Waals surface area contributed by atoms with Crippen LogP contribution in [0.2, 0.25) is 0 Å². The van der Waals surface area contributed by atoms with Crippen LogP contribution in [0.15, 0.2) is 18.2 Å². The van der Waals surface area contributed by atoms with Gasteiger partial charge in [-0.2, -0.15) is 0 Å². The van der Waals surface area contributed by atoms with Gasteiger partial charge in [0.25, 0.3) is 0 Å². The fourth-order valence-corrected chi connectivity index (χ4v) is 1.91. The smallest absolute Gasteiger partial charge is 0.323 e. The van der Waals surface area contributed by atoms with E-state index in [1.54, 1.807) is 14.2 Å². The third-order valence-corrected chi connectivity index (χ3v) is 2.97. The molecule has 1 aromatic rings. The fourth-order valence-electron chi connectivity index (χ4n) is 1.91. The van der Waals surface area contributed by atoms with Gasteiger partial charge in [0.05, 0.1) is 20.8 Å². The molecule has 1 unspecified atom stereocenters. The number of methoxy groups -OCH3 is 2. The summed E-state index contributed by atoms with van der Waals surface area (Å²) in [5, 5.41) is 3.16. The van der Waals surface area contributed by atoms with Crippen molar-refractivity contribution in [2.24, 2.45) is 0 Å². The number of hydrogen-bond acceptors (Lipinski definition) is 5. The monoisotopic (exact) mass is 251 g/mol. The Hall–Kier alpha value is -1.75. The Bertz CT molecular complexity index is 433. The van der Waals surface area contributed by atoms with E-state index < -0.39 is 0 Å². The minimum atomic E-state index is -0.211. The third-order valence-electron chi connectivity index (χ3n) is 2.97. The maximum absolute atomic E-state index is 11.3. The standard InChI is InChI=1S/C13H17NO4/c1-16-10-4-3-9(12(7-10)17-2)8-14-11-5-6-18-13(11)15/h3-4,7,11,14H,5-6,8H2,1-2H3. The molecule has 0 aromatic heterocycles.